The van der Waals surface area contributed by atoms with Crippen molar-refractivity contribution in [3.63, 3.8) is 0 Å². The molecule has 1 aromatic carbocycles. The summed E-state index contributed by atoms with van der Waals surface area (Å²) in [5, 5.41) is 0. The van der Waals surface area contributed by atoms with Crippen LogP contribution in [0.15, 0.2) is 41.3 Å². The monoisotopic (exact) mass is 334 g/mol. The molecule has 0 amide bonds. The summed E-state index contributed by atoms with van der Waals surface area (Å²) < 4.78 is 24.4. The first kappa shape index (κ1) is 16.9. The van der Waals surface area contributed by atoms with Crippen molar-refractivity contribution in [2.75, 3.05) is 19.0 Å². The average Bonchev–Trinajstić information content (AvgIpc) is 2.80. The number of hydrogen-bond acceptors (Lipinski definition) is 3. The fraction of sp³-hybridized carbons (Fsp3) is 0.579. The molecule has 1 aromatic rings. The molecule has 1 unspecified atom stereocenters. The maximum absolute atomic E-state index is 12.6. The minimum absolute atomic E-state index is 0.0226. The Morgan fingerprint density at radius 3 is 2.43 bits per heavy atom. The van der Waals surface area contributed by atoms with Crippen LogP contribution in [0.3, 0.4) is 0 Å². The van der Waals surface area contributed by atoms with Gasteiger partial charge in [0.15, 0.2) is 5.79 Å². The van der Waals surface area contributed by atoms with E-state index < -0.39 is 16.6 Å². The van der Waals surface area contributed by atoms with Crippen LogP contribution in [0, 0.1) is 18.3 Å². The summed E-state index contributed by atoms with van der Waals surface area (Å²) in [4.78, 5) is 0.904. The van der Waals surface area contributed by atoms with Gasteiger partial charge in [0.05, 0.1) is 24.0 Å². The maximum atomic E-state index is 12.6. The van der Waals surface area contributed by atoms with Crippen LogP contribution >= 0.6 is 0 Å². The van der Waals surface area contributed by atoms with E-state index in [0.717, 1.165) is 17.7 Å². The van der Waals surface area contributed by atoms with Crippen LogP contribution in [0.5, 0.6) is 0 Å². The van der Waals surface area contributed by atoms with Gasteiger partial charge in [-0.3, -0.25) is 4.21 Å². The fourth-order valence-electron chi connectivity index (χ4n) is 3.47. The summed E-state index contributed by atoms with van der Waals surface area (Å²) in [6.45, 7) is 11.6. The molecule has 2 aliphatic rings. The lowest BCUT2D eigenvalue weighted by atomic mass is 9.86. The van der Waals surface area contributed by atoms with E-state index in [1.165, 1.54) is 11.1 Å². The van der Waals surface area contributed by atoms with Crippen LogP contribution in [0.1, 0.15) is 32.3 Å². The van der Waals surface area contributed by atoms with Crippen LogP contribution < -0.4 is 0 Å². The van der Waals surface area contributed by atoms with Gasteiger partial charge in [-0.05, 0) is 51.7 Å². The first-order chi connectivity index (χ1) is 10.8. The Labute approximate surface area is 141 Å². The quantitative estimate of drug-likeness (QED) is 0.788. The Kier molecular flexibility index (Phi) is 4.51. The van der Waals surface area contributed by atoms with E-state index in [1.54, 1.807) is 0 Å². The Morgan fingerprint density at radius 1 is 1.22 bits per heavy atom. The summed E-state index contributed by atoms with van der Waals surface area (Å²) in [6.07, 6.45) is 1.87. The van der Waals surface area contributed by atoms with Crippen molar-refractivity contribution < 1.29 is 13.7 Å². The van der Waals surface area contributed by atoms with Crippen LogP contribution in [-0.2, 0) is 20.3 Å². The average molecular weight is 334 g/mol. The number of allylic oxidation sites excluding steroid dienone is 1. The number of hydrogen-bond donors (Lipinski definition) is 0. The van der Waals surface area contributed by atoms with E-state index in [0.29, 0.717) is 19.0 Å². The molecule has 0 radical (unpaired) electrons. The molecule has 2 atom stereocenters. The minimum atomic E-state index is -0.981. The molecule has 3 rings (SSSR count). The van der Waals surface area contributed by atoms with Gasteiger partial charge in [0, 0.05) is 16.1 Å². The van der Waals surface area contributed by atoms with E-state index in [-0.39, 0.29) is 11.3 Å². The lowest BCUT2D eigenvalue weighted by Gasteiger charge is -2.41. The molecule has 2 fully saturated rings. The van der Waals surface area contributed by atoms with Crippen molar-refractivity contribution in [1.29, 1.82) is 0 Å². The lowest BCUT2D eigenvalue weighted by molar-refractivity contribution is -0.284. The third-order valence-corrected chi connectivity index (χ3v) is 6.45. The number of ether oxygens (including phenoxy) is 2. The molecule has 1 saturated carbocycles. The van der Waals surface area contributed by atoms with Gasteiger partial charge in [0.2, 0.25) is 0 Å². The van der Waals surface area contributed by atoms with Crippen molar-refractivity contribution in [2.45, 2.75) is 44.3 Å². The molecule has 1 heterocycles. The smallest absolute Gasteiger partial charge is 0.162 e. The third kappa shape index (κ3) is 3.76. The maximum Gasteiger partial charge on any atom is 0.162 e. The standard InChI is InChI=1S/C19H26O3S/c1-14-5-7-17(8-6-14)23(20)11-16-10-19(9-15(16)2)12-21-18(3,4)22-13-19/h5-8,16H,2,9-13H2,1,3-4H3/t16?,23-/m1/s1. The van der Waals surface area contributed by atoms with Crippen LogP contribution in [0.2, 0.25) is 0 Å². The molecule has 0 bridgehead atoms. The predicted molar refractivity (Wildman–Crippen MR) is 92.7 cm³/mol. The molecule has 1 aliphatic heterocycles. The molecule has 1 aliphatic carbocycles. The fourth-order valence-corrected chi connectivity index (χ4v) is 4.82. The van der Waals surface area contributed by atoms with E-state index in [4.69, 9.17) is 9.47 Å². The topological polar surface area (TPSA) is 35.5 Å². The summed E-state index contributed by atoms with van der Waals surface area (Å²) in [7, 11) is -0.981. The highest BCUT2D eigenvalue weighted by Gasteiger charge is 2.47. The highest BCUT2D eigenvalue weighted by molar-refractivity contribution is 7.85. The Hall–Kier alpha value is -0.970. The van der Waals surface area contributed by atoms with E-state index in [9.17, 15) is 4.21 Å². The van der Waals surface area contributed by atoms with Gasteiger partial charge in [0.25, 0.3) is 0 Å². The molecular weight excluding hydrogens is 308 g/mol. The second-order valence-corrected chi connectivity index (χ2v) is 9.03. The number of aryl methyl sites for hydroxylation is 1. The molecular formula is C19H26O3S. The van der Waals surface area contributed by atoms with Crippen molar-refractivity contribution in [2.24, 2.45) is 11.3 Å². The second-order valence-electron chi connectivity index (χ2n) is 7.54. The molecule has 1 saturated heterocycles. The van der Waals surface area contributed by atoms with Crippen molar-refractivity contribution in [3.05, 3.63) is 42.0 Å². The summed E-state index contributed by atoms with van der Waals surface area (Å²) in [5.41, 5.74) is 2.40. The Bertz CT molecular complexity index is 608. The van der Waals surface area contributed by atoms with Gasteiger partial charge in [-0.2, -0.15) is 0 Å². The molecule has 126 valence electrons. The lowest BCUT2D eigenvalue weighted by Crippen LogP contribution is -2.45. The van der Waals surface area contributed by atoms with Crippen LogP contribution in [-0.4, -0.2) is 29.0 Å². The molecule has 3 nitrogen and oxygen atoms in total. The highest BCUT2D eigenvalue weighted by atomic mass is 32.2. The Balaban J connectivity index is 1.64. The van der Waals surface area contributed by atoms with Gasteiger partial charge in [-0.1, -0.05) is 29.8 Å². The van der Waals surface area contributed by atoms with Crippen molar-refractivity contribution in [1.82, 2.24) is 0 Å². The van der Waals surface area contributed by atoms with Gasteiger partial charge < -0.3 is 9.47 Å². The number of benzene rings is 1. The zero-order valence-electron chi connectivity index (χ0n) is 14.3. The van der Waals surface area contributed by atoms with Gasteiger partial charge in [-0.15, -0.1) is 0 Å². The summed E-state index contributed by atoms with van der Waals surface area (Å²) in [5.74, 6) is 0.438. The van der Waals surface area contributed by atoms with Crippen molar-refractivity contribution >= 4 is 10.8 Å². The van der Waals surface area contributed by atoms with Crippen molar-refractivity contribution in [3.8, 4) is 0 Å². The molecule has 4 heteroatoms. The zero-order valence-corrected chi connectivity index (χ0v) is 15.1. The highest BCUT2D eigenvalue weighted by Crippen LogP contribution is 2.48. The van der Waals surface area contributed by atoms with Gasteiger partial charge in [0.1, 0.15) is 0 Å². The molecule has 0 aromatic heterocycles. The first-order valence-electron chi connectivity index (χ1n) is 8.19. The number of rotatable bonds is 3. The predicted octanol–water partition coefficient (Wildman–Crippen LogP) is 3.84. The minimum Gasteiger partial charge on any atom is -0.350 e. The summed E-state index contributed by atoms with van der Waals surface area (Å²) in [6, 6.07) is 7.97. The third-order valence-electron chi connectivity index (χ3n) is 4.95. The van der Waals surface area contributed by atoms with E-state index >= 15 is 0 Å². The largest absolute Gasteiger partial charge is 0.350 e. The SMILES string of the molecule is C=C1CC2(COC(C)(C)OC2)CC1C[S@@](=O)c1ccc(C)cc1. The molecule has 1 spiro atoms. The second kappa shape index (κ2) is 6.15. The van der Waals surface area contributed by atoms with Gasteiger partial charge >= 0.3 is 0 Å². The van der Waals surface area contributed by atoms with Crippen LogP contribution in [0.25, 0.3) is 0 Å². The van der Waals surface area contributed by atoms with Crippen LogP contribution in [0.4, 0.5) is 0 Å². The summed E-state index contributed by atoms with van der Waals surface area (Å²) >= 11 is 0. The normalized spacial score (nSPS) is 27.3. The van der Waals surface area contributed by atoms with E-state index in [1.807, 2.05) is 45.0 Å². The first-order valence-corrected chi connectivity index (χ1v) is 9.51. The van der Waals surface area contributed by atoms with Gasteiger partial charge in [-0.25, -0.2) is 0 Å². The Morgan fingerprint density at radius 2 is 1.83 bits per heavy atom. The molecule has 23 heavy (non-hydrogen) atoms. The van der Waals surface area contributed by atoms with E-state index in [2.05, 4.69) is 6.58 Å². The molecule has 0 N–H and O–H groups in total. The zero-order chi connectivity index (χ0) is 16.7.